The van der Waals surface area contributed by atoms with Crippen LogP contribution in [-0.4, -0.2) is 24.2 Å². The summed E-state index contributed by atoms with van der Waals surface area (Å²) >= 11 is 1.17. The number of halogens is 3. The predicted molar refractivity (Wildman–Crippen MR) is 104 cm³/mol. The maximum absolute atomic E-state index is 13.5. The molecule has 0 bridgehead atoms. The Morgan fingerprint density at radius 3 is 2.32 bits per heavy atom. The Kier molecular flexibility index (Phi) is 5.69. The number of alkyl halides is 3. The Hall–Kier alpha value is -2.48. The van der Waals surface area contributed by atoms with Gasteiger partial charge in [-0.1, -0.05) is 31.5 Å². The van der Waals surface area contributed by atoms with Gasteiger partial charge in [0, 0.05) is 11.3 Å². The highest BCUT2D eigenvalue weighted by atomic mass is 32.1. The minimum atomic E-state index is -4.48. The fourth-order valence-corrected chi connectivity index (χ4v) is 4.34. The van der Waals surface area contributed by atoms with Crippen molar-refractivity contribution < 1.29 is 22.6 Å². The van der Waals surface area contributed by atoms with Crippen LogP contribution in [0.1, 0.15) is 30.3 Å². The van der Waals surface area contributed by atoms with Crippen LogP contribution in [0.2, 0.25) is 0 Å². The SMILES string of the molecule is CCCc1nc(-c2sc(-c3ccccc3C(F)(F)F)c(OC)c2OC)[nH]c1C. The molecule has 0 aliphatic heterocycles. The number of thiophene rings is 1. The van der Waals surface area contributed by atoms with Crippen molar-refractivity contribution in [3.63, 3.8) is 0 Å². The molecule has 8 heteroatoms. The first-order chi connectivity index (χ1) is 13.3. The Labute approximate surface area is 165 Å². The van der Waals surface area contributed by atoms with Crippen molar-refractivity contribution in [2.75, 3.05) is 14.2 Å². The largest absolute Gasteiger partial charge is 0.491 e. The maximum atomic E-state index is 13.5. The van der Waals surface area contributed by atoms with Gasteiger partial charge in [0.1, 0.15) is 4.88 Å². The van der Waals surface area contributed by atoms with Gasteiger partial charge in [0.05, 0.1) is 30.4 Å². The number of imidazole rings is 1. The molecule has 0 aliphatic carbocycles. The molecule has 3 aromatic rings. The van der Waals surface area contributed by atoms with Crippen LogP contribution < -0.4 is 9.47 Å². The lowest BCUT2D eigenvalue weighted by Crippen LogP contribution is -2.06. The maximum Gasteiger partial charge on any atom is 0.417 e. The Morgan fingerprint density at radius 2 is 1.71 bits per heavy atom. The number of aromatic nitrogens is 2. The van der Waals surface area contributed by atoms with Crippen molar-refractivity contribution in [2.24, 2.45) is 0 Å². The molecule has 4 nitrogen and oxygen atoms in total. The third kappa shape index (κ3) is 3.61. The van der Waals surface area contributed by atoms with Gasteiger partial charge in [0.15, 0.2) is 17.3 Å². The van der Waals surface area contributed by atoms with Crippen LogP contribution in [0, 0.1) is 6.92 Å². The quantitative estimate of drug-likeness (QED) is 0.534. The molecule has 2 heterocycles. The molecule has 0 atom stereocenters. The van der Waals surface area contributed by atoms with Gasteiger partial charge < -0.3 is 14.5 Å². The number of hydrogen-bond donors (Lipinski definition) is 1. The summed E-state index contributed by atoms with van der Waals surface area (Å²) in [6.07, 6.45) is -2.72. The van der Waals surface area contributed by atoms with E-state index >= 15 is 0 Å². The summed E-state index contributed by atoms with van der Waals surface area (Å²) in [5, 5.41) is 0. The zero-order chi connectivity index (χ0) is 20.5. The highest BCUT2D eigenvalue weighted by Crippen LogP contribution is 2.53. The zero-order valence-electron chi connectivity index (χ0n) is 16.0. The topological polar surface area (TPSA) is 47.1 Å². The van der Waals surface area contributed by atoms with Crippen LogP contribution in [0.4, 0.5) is 13.2 Å². The molecule has 0 unspecified atom stereocenters. The van der Waals surface area contributed by atoms with E-state index in [9.17, 15) is 13.2 Å². The average Bonchev–Trinajstić information content (AvgIpc) is 3.21. The second kappa shape index (κ2) is 7.87. The molecular weight excluding hydrogens is 389 g/mol. The number of nitrogens with one attached hydrogen (secondary N) is 1. The number of rotatable bonds is 6. The van der Waals surface area contributed by atoms with Gasteiger partial charge >= 0.3 is 6.18 Å². The van der Waals surface area contributed by atoms with E-state index in [0.29, 0.717) is 21.3 Å². The summed E-state index contributed by atoms with van der Waals surface area (Å²) in [6, 6.07) is 5.46. The van der Waals surface area contributed by atoms with Crippen LogP contribution in [0.3, 0.4) is 0 Å². The molecule has 1 N–H and O–H groups in total. The van der Waals surface area contributed by atoms with Crippen molar-refractivity contribution in [1.82, 2.24) is 9.97 Å². The molecule has 1 aromatic carbocycles. The monoisotopic (exact) mass is 410 g/mol. The number of aromatic amines is 1. The Balaban J connectivity index is 2.22. The fraction of sp³-hybridized carbons (Fsp3) is 0.350. The molecule has 0 amide bonds. The van der Waals surface area contributed by atoms with E-state index in [0.717, 1.165) is 30.3 Å². The molecule has 0 fully saturated rings. The molecule has 0 saturated carbocycles. The van der Waals surface area contributed by atoms with E-state index in [-0.39, 0.29) is 11.3 Å². The number of H-pyrrole nitrogens is 1. The van der Waals surface area contributed by atoms with Crippen LogP contribution >= 0.6 is 11.3 Å². The number of ether oxygens (including phenoxy) is 2. The third-order valence-electron chi connectivity index (χ3n) is 4.40. The first-order valence-electron chi connectivity index (χ1n) is 8.79. The lowest BCUT2D eigenvalue weighted by Gasteiger charge is -2.12. The normalized spacial score (nSPS) is 11.7. The summed E-state index contributed by atoms with van der Waals surface area (Å²) in [5.41, 5.74) is 1.21. The fourth-order valence-electron chi connectivity index (χ4n) is 3.12. The van der Waals surface area contributed by atoms with Gasteiger partial charge in [-0.2, -0.15) is 13.2 Å². The van der Waals surface area contributed by atoms with E-state index in [1.54, 1.807) is 6.07 Å². The van der Waals surface area contributed by atoms with E-state index in [1.807, 2.05) is 6.92 Å². The van der Waals surface area contributed by atoms with Gasteiger partial charge in [-0.25, -0.2) is 4.98 Å². The second-order valence-corrected chi connectivity index (χ2v) is 7.30. The van der Waals surface area contributed by atoms with E-state index in [2.05, 4.69) is 16.9 Å². The summed E-state index contributed by atoms with van der Waals surface area (Å²) in [5.74, 6) is 1.21. The number of methoxy groups -OCH3 is 2. The van der Waals surface area contributed by atoms with Crippen LogP contribution in [-0.2, 0) is 12.6 Å². The van der Waals surface area contributed by atoms with E-state index in [4.69, 9.17) is 9.47 Å². The van der Waals surface area contributed by atoms with Crippen molar-refractivity contribution in [3.8, 4) is 32.6 Å². The lowest BCUT2D eigenvalue weighted by atomic mass is 10.1. The van der Waals surface area contributed by atoms with Crippen LogP contribution in [0.5, 0.6) is 11.5 Å². The standard InChI is InChI=1S/C20H21F3N2O2S/c1-5-8-14-11(2)24-19(25-14)18-16(27-4)15(26-3)17(28-18)12-9-6-7-10-13(12)20(21,22)23/h6-7,9-10H,5,8H2,1-4H3,(H,24,25). The predicted octanol–water partition coefficient (Wildman–Crippen LogP) is 6.10. The van der Waals surface area contributed by atoms with Crippen LogP contribution in [0.25, 0.3) is 21.1 Å². The molecule has 0 aliphatic rings. The summed E-state index contributed by atoms with van der Waals surface area (Å²) in [6.45, 7) is 3.99. The van der Waals surface area contributed by atoms with Gasteiger partial charge in [0.25, 0.3) is 0 Å². The second-order valence-electron chi connectivity index (χ2n) is 6.28. The highest BCUT2D eigenvalue weighted by Gasteiger charge is 2.36. The third-order valence-corrected chi connectivity index (χ3v) is 5.59. The van der Waals surface area contributed by atoms with Gasteiger partial charge in [-0.05, 0) is 19.4 Å². The average molecular weight is 410 g/mol. The van der Waals surface area contributed by atoms with Crippen molar-refractivity contribution in [3.05, 3.63) is 41.2 Å². The van der Waals surface area contributed by atoms with Crippen LogP contribution in [0.15, 0.2) is 24.3 Å². The summed E-state index contributed by atoms with van der Waals surface area (Å²) in [4.78, 5) is 8.82. The van der Waals surface area contributed by atoms with Gasteiger partial charge in [0.2, 0.25) is 0 Å². The minimum absolute atomic E-state index is 0.0541. The van der Waals surface area contributed by atoms with Gasteiger partial charge in [-0.3, -0.25) is 0 Å². The molecule has 3 rings (SSSR count). The zero-order valence-corrected chi connectivity index (χ0v) is 16.8. The number of benzene rings is 1. The number of nitrogens with zero attached hydrogens (tertiary/aromatic N) is 1. The lowest BCUT2D eigenvalue weighted by molar-refractivity contribution is -0.137. The van der Waals surface area contributed by atoms with E-state index < -0.39 is 11.7 Å². The first kappa shape index (κ1) is 20.3. The Bertz CT molecular complexity index is 976. The van der Waals surface area contributed by atoms with E-state index in [1.165, 1.54) is 37.7 Å². The molecule has 0 saturated heterocycles. The molecular formula is C20H21F3N2O2S. The van der Waals surface area contributed by atoms with Crippen molar-refractivity contribution in [1.29, 1.82) is 0 Å². The molecule has 28 heavy (non-hydrogen) atoms. The highest BCUT2D eigenvalue weighted by molar-refractivity contribution is 7.19. The minimum Gasteiger partial charge on any atom is -0.491 e. The molecule has 0 radical (unpaired) electrons. The number of hydrogen-bond acceptors (Lipinski definition) is 4. The smallest absolute Gasteiger partial charge is 0.417 e. The Morgan fingerprint density at radius 1 is 1.07 bits per heavy atom. The van der Waals surface area contributed by atoms with Crippen molar-refractivity contribution >= 4 is 11.3 Å². The molecule has 0 spiro atoms. The summed E-state index contributed by atoms with van der Waals surface area (Å²) in [7, 11) is 2.89. The van der Waals surface area contributed by atoms with Crippen molar-refractivity contribution in [2.45, 2.75) is 32.9 Å². The van der Waals surface area contributed by atoms with Gasteiger partial charge in [-0.15, -0.1) is 11.3 Å². The first-order valence-corrected chi connectivity index (χ1v) is 9.60. The number of aryl methyl sites for hydroxylation is 2. The summed E-state index contributed by atoms with van der Waals surface area (Å²) < 4.78 is 51.6. The molecule has 150 valence electrons. The molecule has 2 aromatic heterocycles.